The molecule has 1 atom stereocenters. The van der Waals surface area contributed by atoms with Gasteiger partial charge in [0.15, 0.2) is 22.7 Å². The molecule has 2 aromatic rings. The maximum absolute atomic E-state index is 13.0. The monoisotopic (exact) mass is 360 g/mol. The second-order valence-electron chi connectivity index (χ2n) is 5.88. The Morgan fingerprint density at radius 1 is 1.20 bits per heavy atom. The highest BCUT2D eigenvalue weighted by atomic mass is 32.1. The Morgan fingerprint density at radius 3 is 2.64 bits per heavy atom. The summed E-state index contributed by atoms with van der Waals surface area (Å²) in [6.07, 6.45) is 0.851. The zero-order valence-electron chi connectivity index (χ0n) is 14.1. The fourth-order valence-corrected chi connectivity index (χ4v) is 2.96. The zero-order chi connectivity index (χ0) is 17.6. The smallest absolute Gasteiger partial charge is 0.173 e. The number of hydrogen-bond donors (Lipinski definition) is 1. The Morgan fingerprint density at radius 2 is 1.92 bits per heavy atom. The third-order valence-electron chi connectivity index (χ3n) is 3.87. The van der Waals surface area contributed by atoms with E-state index in [-0.39, 0.29) is 11.9 Å². The first-order valence-electron chi connectivity index (χ1n) is 8.35. The van der Waals surface area contributed by atoms with Gasteiger partial charge in [0.1, 0.15) is 12.4 Å². The van der Waals surface area contributed by atoms with Crippen molar-refractivity contribution in [2.75, 3.05) is 25.0 Å². The third-order valence-corrected chi connectivity index (χ3v) is 4.23. The molecule has 0 radical (unpaired) electrons. The first-order valence-corrected chi connectivity index (χ1v) is 8.76. The molecule has 2 aromatic carbocycles. The molecule has 132 valence electrons. The largest absolute Gasteiger partial charge is 0.486 e. The van der Waals surface area contributed by atoms with Crippen molar-refractivity contribution in [2.24, 2.45) is 0 Å². The molecular formula is C19H21FN2O2S. The van der Waals surface area contributed by atoms with E-state index < -0.39 is 0 Å². The van der Waals surface area contributed by atoms with Crippen LogP contribution in [0.3, 0.4) is 0 Å². The number of para-hydroxylation sites is 2. The van der Waals surface area contributed by atoms with Crippen molar-refractivity contribution >= 4 is 23.0 Å². The highest BCUT2D eigenvalue weighted by molar-refractivity contribution is 7.80. The zero-order valence-corrected chi connectivity index (χ0v) is 14.9. The van der Waals surface area contributed by atoms with Gasteiger partial charge < -0.3 is 19.7 Å². The van der Waals surface area contributed by atoms with Crippen LogP contribution in [-0.4, -0.2) is 35.8 Å². The SMILES string of the molecule is CCCN(C[C@H]1COc2ccccc2O1)C(=S)Nc1ccc(F)cc1. The van der Waals surface area contributed by atoms with Crippen LogP contribution in [0.4, 0.5) is 10.1 Å². The highest BCUT2D eigenvalue weighted by Gasteiger charge is 2.24. The summed E-state index contributed by atoms with van der Waals surface area (Å²) in [7, 11) is 0. The number of thiocarbonyl (C=S) groups is 1. The van der Waals surface area contributed by atoms with Crippen LogP contribution in [0.5, 0.6) is 11.5 Å². The lowest BCUT2D eigenvalue weighted by Crippen LogP contribution is -2.45. The summed E-state index contributed by atoms with van der Waals surface area (Å²) in [4.78, 5) is 2.06. The lowest BCUT2D eigenvalue weighted by atomic mass is 10.2. The summed E-state index contributed by atoms with van der Waals surface area (Å²) in [5.74, 6) is 1.26. The van der Waals surface area contributed by atoms with E-state index in [1.54, 1.807) is 12.1 Å². The van der Waals surface area contributed by atoms with Gasteiger partial charge in [0, 0.05) is 12.2 Å². The van der Waals surface area contributed by atoms with Crippen LogP contribution in [0.1, 0.15) is 13.3 Å². The van der Waals surface area contributed by atoms with Gasteiger partial charge in [0.2, 0.25) is 0 Å². The van der Waals surface area contributed by atoms with Gasteiger partial charge in [-0.05, 0) is 55.0 Å². The average molecular weight is 360 g/mol. The molecule has 1 N–H and O–H groups in total. The molecule has 1 heterocycles. The van der Waals surface area contributed by atoms with Gasteiger partial charge in [0.05, 0.1) is 6.54 Å². The number of benzene rings is 2. The van der Waals surface area contributed by atoms with E-state index in [1.165, 1.54) is 12.1 Å². The fourth-order valence-electron chi connectivity index (χ4n) is 2.68. The quantitative estimate of drug-likeness (QED) is 0.813. The molecule has 6 heteroatoms. The Hall–Kier alpha value is -2.34. The van der Waals surface area contributed by atoms with E-state index in [4.69, 9.17) is 21.7 Å². The molecule has 0 aliphatic carbocycles. The number of anilines is 1. The normalized spacial score (nSPS) is 15.5. The summed E-state index contributed by atoms with van der Waals surface area (Å²) in [5.41, 5.74) is 0.763. The van der Waals surface area contributed by atoms with E-state index in [1.807, 2.05) is 24.3 Å². The second kappa shape index (κ2) is 8.16. The van der Waals surface area contributed by atoms with Crippen LogP contribution in [0.2, 0.25) is 0 Å². The van der Waals surface area contributed by atoms with Gasteiger partial charge in [-0.15, -0.1) is 0 Å². The number of halogens is 1. The van der Waals surface area contributed by atoms with E-state index in [9.17, 15) is 4.39 Å². The number of rotatable bonds is 5. The fraction of sp³-hybridized carbons (Fsp3) is 0.316. The molecule has 0 bridgehead atoms. The summed E-state index contributed by atoms with van der Waals surface area (Å²) in [6.45, 7) is 4.00. The summed E-state index contributed by atoms with van der Waals surface area (Å²) < 4.78 is 24.8. The maximum atomic E-state index is 13.0. The van der Waals surface area contributed by atoms with Gasteiger partial charge in [-0.3, -0.25) is 0 Å². The van der Waals surface area contributed by atoms with Gasteiger partial charge in [-0.1, -0.05) is 19.1 Å². The van der Waals surface area contributed by atoms with Crippen molar-refractivity contribution in [1.82, 2.24) is 4.90 Å². The minimum atomic E-state index is -0.270. The molecule has 0 saturated heterocycles. The lowest BCUT2D eigenvalue weighted by Gasteiger charge is -2.32. The number of nitrogens with one attached hydrogen (secondary N) is 1. The van der Waals surface area contributed by atoms with E-state index in [0.717, 1.165) is 30.2 Å². The van der Waals surface area contributed by atoms with Crippen LogP contribution in [-0.2, 0) is 0 Å². The molecular weight excluding hydrogens is 339 g/mol. The van der Waals surface area contributed by atoms with Crippen LogP contribution in [0.15, 0.2) is 48.5 Å². The van der Waals surface area contributed by atoms with E-state index >= 15 is 0 Å². The molecule has 0 amide bonds. The molecule has 0 spiro atoms. The first kappa shape index (κ1) is 17.5. The number of hydrogen-bond acceptors (Lipinski definition) is 3. The Labute approximate surface area is 152 Å². The van der Waals surface area contributed by atoms with Crippen molar-refractivity contribution in [2.45, 2.75) is 19.4 Å². The highest BCUT2D eigenvalue weighted by Crippen LogP contribution is 2.31. The Balaban J connectivity index is 1.63. The third kappa shape index (κ3) is 4.60. The molecule has 0 saturated carbocycles. The summed E-state index contributed by atoms with van der Waals surface area (Å²) in [5, 5.41) is 3.75. The molecule has 1 aliphatic rings. The predicted octanol–water partition coefficient (Wildman–Crippen LogP) is 4.07. The molecule has 3 rings (SSSR count). The minimum Gasteiger partial charge on any atom is -0.486 e. The number of fused-ring (bicyclic) bond motifs is 1. The van der Waals surface area contributed by atoms with E-state index in [0.29, 0.717) is 18.3 Å². The maximum Gasteiger partial charge on any atom is 0.173 e. The van der Waals surface area contributed by atoms with Gasteiger partial charge in [-0.25, -0.2) is 4.39 Å². The van der Waals surface area contributed by atoms with Crippen molar-refractivity contribution < 1.29 is 13.9 Å². The van der Waals surface area contributed by atoms with Crippen molar-refractivity contribution in [3.63, 3.8) is 0 Å². The second-order valence-corrected chi connectivity index (χ2v) is 6.27. The van der Waals surface area contributed by atoms with E-state index in [2.05, 4.69) is 17.1 Å². The van der Waals surface area contributed by atoms with Crippen LogP contribution < -0.4 is 14.8 Å². The van der Waals surface area contributed by atoms with Crippen molar-refractivity contribution in [3.8, 4) is 11.5 Å². The number of ether oxygens (including phenoxy) is 2. The molecule has 0 fully saturated rings. The van der Waals surface area contributed by atoms with Crippen molar-refractivity contribution in [1.29, 1.82) is 0 Å². The Kier molecular flexibility index (Phi) is 5.71. The number of nitrogens with zero attached hydrogens (tertiary/aromatic N) is 1. The first-order chi connectivity index (χ1) is 12.2. The molecule has 1 aliphatic heterocycles. The molecule has 25 heavy (non-hydrogen) atoms. The average Bonchev–Trinajstić information content (AvgIpc) is 2.63. The molecule has 4 nitrogen and oxygen atoms in total. The molecule has 0 unspecified atom stereocenters. The molecule has 0 aromatic heterocycles. The van der Waals surface area contributed by atoms with Crippen LogP contribution in [0.25, 0.3) is 0 Å². The summed E-state index contributed by atoms with van der Waals surface area (Å²) >= 11 is 5.53. The summed E-state index contributed by atoms with van der Waals surface area (Å²) in [6, 6.07) is 13.8. The van der Waals surface area contributed by atoms with Gasteiger partial charge in [0.25, 0.3) is 0 Å². The standard InChI is InChI=1S/C19H21FN2O2S/c1-2-11-22(19(25)21-15-9-7-14(20)8-10-15)12-16-13-23-17-5-3-4-6-18(17)24-16/h3-10,16H,2,11-13H2,1H3,(H,21,25)/t16-/m0/s1. The lowest BCUT2D eigenvalue weighted by molar-refractivity contribution is 0.0746. The van der Waals surface area contributed by atoms with Crippen LogP contribution >= 0.6 is 12.2 Å². The van der Waals surface area contributed by atoms with Gasteiger partial charge in [-0.2, -0.15) is 0 Å². The predicted molar refractivity (Wildman–Crippen MR) is 101 cm³/mol. The van der Waals surface area contributed by atoms with Crippen LogP contribution in [0, 0.1) is 5.82 Å². The van der Waals surface area contributed by atoms with Gasteiger partial charge >= 0.3 is 0 Å². The minimum absolute atomic E-state index is 0.102. The van der Waals surface area contributed by atoms with Crippen molar-refractivity contribution in [3.05, 3.63) is 54.3 Å². The Bertz CT molecular complexity index is 724. The topological polar surface area (TPSA) is 33.7 Å².